The molecule has 0 bridgehead atoms. The molecule has 0 saturated carbocycles. The molecule has 10 nitrogen and oxygen atoms in total. The Kier molecular flexibility index (Phi) is 14.0. The summed E-state index contributed by atoms with van der Waals surface area (Å²) in [4.78, 5) is 20.4. The summed E-state index contributed by atoms with van der Waals surface area (Å²) in [6, 6.07) is 3.43. The number of aryl methyl sites for hydroxylation is 1. The van der Waals surface area contributed by atoms with Crippen molar-refractivity contribution < 1.29 is 26.7 Å². The average molecular weight is 588 g/mol. The fourth-order valence-electron chi connectivity index (χ4n) is 3.63. The van der Waals surface area contributed by atoms with Crippen molar-refractivity contribution in [3.05, 3.63) is 29.8 Å². The number of alkyl halides is 4. The van der Waals surface area contributed by atoms with Crippen LogP contribution < -0.4 is 11.1 Å². The Hall–Kier alpha value is -3.91. The molecule has 0 atom stereocenters. The first-order valence-electron chi connectivity index (χ1n) is 13.0. The van der Waals surface area contributed by atoms with Crippen LogP contribution in [0.4, 0.5) is 39.4 Å². The van der Waals surface area contributed by atoms with Crippen molar-refractivity contribution in [1.29, 1.82) is 0 Å². The number of hydrogen-bond donors (Lipinski definition) is 2. The van der Waals surface area contributed by atoms with E-state index in [1.54, 1.807) is 33.2 Å². The minimum atomic E-state index is -2.66. The zero-order valence-corrected chi connectivity index (χ0v) is 24.4. The number of amides is 1. The van der Waals surface area contributed by atoms with Crippen molar-refractivity contribution in [2.75, 3.05) is 38.2 Å². The van der Waals surface area contributed by atoms with Gasteiger partial charge in [-0.2, -0.15) is 15.2 Å². The second-order valence-electron chi connectivity index (χ2n) is 8.51. The standard InChI is InChI=1S/C14H15FN8.C7H11F2NO.C3H6F2.C2H6/c1-7-9(21-18-3)4-5-10(19-7)11-8(15)6-23-12(11)13(17-2)20-14(16)22-23;1-6(11)10-4-2-3-7(8,9)5-10;1-2-3(4)5;1-2/h4-6H,1-3H3,(H3,16,17,20,22);2-5H2,1H3;3H,2H2,1H3;1-2H3. The molecule has 4 heterocycles. The summed E-state index contributed by atoms with van der Waals surface area (Å²) >= 11 is 0. The number of nitrogen functional groups attached to an aromatic ring is 1. The molecule has 41 heavy (non-hydrogen) atoms. The van der Waals surface area contributed by atoms with Crippen LogP contribution in [0.15, 0.2) is 28.6 Å². The van der Waals surface area contributed by atoms with E-state index >= 15 is 0 Å². The number of fused-ring (bicyclic) bond motifs is 1. The van der Waals surface area contributed by atoms with Gasteiger partial charge in [-0.1, -0.05) is 20.8 Å². The van der Waals surface area contributed by atoms with Crippen molar-refractivity contribution in [1.82, 2.24) is 24.5 Å². The highest BCUT2D eigenvalue weighted by Gasteiger charge is 2.35. The Morgan fingerprint density at radius 2 is 1.88 bits per heavy atom. The van der Waals surface area contributed by atoms with Crippen LogP contribution in [-0.2, 0) is 4.79 Å². The van der Waals surface area contributed by atoms with Crippen LogP contribution in [0.3, 0.4) is 0 Å². The Bertz CT molecular complexity index is 1300. The van der Waals surface area contributed by atoms with Gasteiger partial charge in [-0.3, -0.25) is 9.78 Å². The largest absolute Gasteiger partial charge is 0.371 e. The fourth-order valence-corrected chi connectivity index (χ4v) is 3.63. The van der Waals surface area contributed by atoms with Crippen LogP contribution in [0.5, 0.6) is 0 Å². The van der Waals surface area contributed by atoms with Gasteiger partial charge in [-0.05, 0) is 25.5 Å². The fraction of sp³-hybridized carbons (Fsp3) is 0.538. The maximum Gasteiger partial charge on any atom is 0.265 e. The number of rotatable bonds is 4. The molecule has 0 aromatic carbocycles. The molecule has 1 aliphatic rings. The molecule has 3 aromatic heterocycles. The number of nitrogens with one attached hydrogen (secondary N) is 1. The SMILES string of the molecule is CC.CC(=O)N1CCCC(F)(F)C1.CCC(F)F.CN=Nc1ccc(-c2c(F)cn3nc(N)nc(NC)c23)nc1C. The highest BCUT2D eigenvalue weighted by atomic mass is 19.3. The number of halogens is 5. The number of nitrogens with zero attached hydrogens (tertiary/aromatic N) is 7. The highest BCUT2D eigenvalue weighted by Crippen LogP contribution is 2.33. The normalized spacial score (nSPS) is 14.0. The lowest BCUT2D eigenvalue weighted by Gasteiger charge is -2.31. The van der Waals surface area contributed by atoms with Crippen LogP contribution in [0, 0.1) is 12.7 Å². The van der Waals surface area contributed by atoms with Gasteiger partial charge in [0.1, 0.15) is 11.2 Å². The molecule has 15 heteroatoms. The molecule has 0 spiro atoms. The molecule has 228 valence electrons. The Labute approximate surface area is 236 Å². The zero-order chi connectivity index (χ0) is 31.3. The molecule has 1 fully saturated rings. The number of aromatic nitrogens is 4. The van der Waals surface area contributed by atoms with E-state index in [-0.39, 0.29) is 24.7 Å². The predicted octanol–water partition coefficient (Wildman–Crippen LogP) is 6.53. The third-order valence-electron chi connectivity index (χ3n) is 5.51. The molecular formula is C26H38F5N9O. The van der Waals surface area contributed by atoms with Crippen molar-refractivity contribution in [3.63, 3.8) is 0 Å². The number of azo groups is 1. The summed E-state index contributed by atoms with van der Waals surface area (Å²) < 4.78 is 62.6. The summed E-state index contributed by atoms with van der Waals surface area (Å²) in [6.07, 6.45) is -0.571. The number of anilines is 2. The molecule has 3 N–H and O–H groups in total. The molecule has 1 aliphatic heterocycles. The lowest BCUT2D eigenvalue weighted by atomic mass is 10.1. The molecule has 3 aromatic rings. The van der Waals surface area contributed by atoms with Gasteiger partial charge in [-0.15, -0.1) is 5.10 Å². The lowest BCUT2D eigenvalue weighted by Crippen LogP contribution is -2.44. The molecule has 1 saturated heterocycles. The van der Waals surface area contributed by atoms with Gasteiger partial charge >= 0.3 is 0 Å². The summed E-state index contributed by atoms with van der Waals surface area (Å²) in [7, 11) is 3.26. The van der Waals surface area contributed by atoms with E-state index in [1.807, 2.05) is 13.8 Å². The molecule has 4 rings (SSSR count). The van der Waals surface area contributed by atoms with Crippen LogP contribution in [0.25, 0.3) is 16.8 Å². The second kappa shape index (κ2) is 16.4. The summed E-state index contributed by atoms with van der Waals surface area (Å²) in [5, 5.41) is 14.6. The monoisotopic (exact) mass is 587 g/mol. The number of likely N-dealkylation sites (tertiary alicyclic amines) is 1. The Morgan fingerprint density at radius 3 is 2.34 bits per heavy atom. The van der Waals surface area contributed by atoms with Gasteiger partial charge < -0.3 is 16.0 Å². The first kappa shape index (κ1) is 35.1. The van der Waals surface area contributed by atoms with Crippen LogP contribution >= 0.6 is 0 Å². The lowest BCUT2D eigenvalue weighted by molar-refractivity contribution is -0.139. The van der Waals surface area contributed by atoms with E-state index < -0.39 is 24.7 Å². The Balaban J connectivity index is 0.000000388. The van der Waals surface area contributed by atoms with E-state index in [2.05, 4.69) is 30.6 Å². The number of nitrogens with two attached hydrogens (primary N) is 1. The number of carbonyl (C=O) groups excluding carboxylic acids is 1. The third kappa shape index (κ3) is 10.2. The topological polar surface area (TPSA) is 126 Å². The van der Waals surface area contributed by atoms with Crippen LogP contribution in [0.2, 0.25) is 0 Å². The van der Waals surface area contributed by atoms with E-state index in [0.29, 0.717) is 46.9 Å². The summed E-state index contributed by atoms with van der Waals surface area (Å²) in [6.45, 7) is 8.64. The van der Waals surface area contributed by atoms with Crippen LogP contribution in [0.1, 0.15) is 52.7 Å². The van der Waals surface area contributed by atoms with E-state index in [0.717, 1.165) is 0 Å². The van der Waals surface area contributed by atoms with Crippen molar-refractivity contribution in [2.45, 2.75) is 66.2 Å². The zero-order valence-electron chi connectivity index (χ0n) is 24.4. The average Bonchev–Trinajstić information content (AvgIpc) is 3.26. The molecule has 0 radical (unpaired) electrons. The quantitative estimate of drug-likeness (QED) is 0.264. The molecule has 0 unspecified atom stereocenters. The number of piperidine rings is 1. The number of carbonyl (C=O) groups is 1. The maximum absolute atomic E-state index is 14.5. The van der Waals surface area contributed by atoms with Gasteiger partial charge in [0.05, 0.1) is 29.7 Å². The molecular weight excluding hydrogens is 549 g/mol. The first-order chi connectivity index (χ1) is 19.3. The van der Waals surface area contributed by atoms with Gasteiger partial charge in [0.2, 0.25) is 18.3 Å². The van der Waals surface area contributed by atoms with Gasteiger partial charge in [-0.25, -0.2) is 26.5 Å². The first-order valence-corrected chi connectivity index (χ1v) is 13.0. The maximum atomic E-state index is 14.5. The van der Waals surface area contributed by atoms with Gasteiger partial charge in [0.25, 0.3) is 5.92 Å². The van der Waals surface area contributed by atoms with Gasteiger partial charge in [0.15, 0.2) is 11.6 Å². The smallest absolute Gasteiger partial charge is 0.265 e. The van der Waals surface area contributed by atoms with Crippen molar-refractivity contribution in [2.24, 2.45) is 10.2 Å². The highest BCUT2D eigenvalue weighted by molar-refractivity contribution is 5.88. The minimum absolute atomic E-state index is 0.0278. The third-order valence-corrected chi connectivity index (χ3v) is 5.51. The number of hydrogen-bond acceptors (Lipinski definition) is 8. The number of pyridine rings is 1. The Morgan fingerprint density at radius 1 is 1.24 bits per heavy atom. The predicted molar refractivity (Wildman–Crippen MR) is 149 cm³/mol. The molecule has 1 amide bonds. The summed E-state index contributed by atoms with van der Waals surface area (Å²) in [5.41, 5.74) is 8.15. The van der Waals surface area contributed by atoms with Gasteiger partial charge in [0, 0.05) is 40.4 Å². The van der Waals surface area contributed by atoms with E-state index in [9.17, 15) is 26.7 Å². The van der Waals surface area contributed by atoms with Crippen molar-refractivity contribution >= 4 is 28.9 Å². The minimum Gasteiger partial charge on any atom is -0.371 e. The van der Waals surface area contributed by atoms with E-state index in [1.165, 1.54) is 29.5 Å². The second-order valence-corrected chi connectivity index (χ2v) is 8.51. The molecule has 0 aliphatic carbocycles. The van der Waals surface area contributed by atoms with E-state index in [4.69, 9.17) is 5.73 Å². The summed E-state index contributed by atoms with van der Waals surface area (Å²) in [5.74, 6) is -2.91. The van der Waals surface area contributed by atoms with Crippen molar-refractivity contribution in [3.8, 4) is 11.3 Å². The van der Waals surface area contributed by atoms with Crippen LogP contribution in [-0.4, -0.2) is 69.9 Å².